The van der Waals surface area contributed by atoms with Gasteiger partial charge in [-0.05, 0) is 36.4 Å². The summed E-state index contributed by atoms with van der Waals surface area (Å²) in [7, 11) is 0. The standard InChI is InChI=1S/3C9H8O4.La/c3*1-6(10)13-8-5-3-2-4-7(8)9(11)12;/h3*2-5H,1H3,(H,11,12);/q;;;+3/p-3. The van der Waals surface area contributed by atoms with Crippen molar-refractivity contribution in [2.75, 3.05) is 0 Å². The minimum absolute atomic E-state index is 0. The van der Waals surface area contributed by atoms with Crippen LogP contribution in [0.2, 0.25) is 0 Å². The van der Waals surface area contributed by atoms with E-state index in [0.717, 1.165) is 0 Å². The van der Waals surface area contributed by atoms with Gasteiger partial charge in [0.05, 0.1) is 17.9 Å². The van der Waals surface area contributed by atoms with Gasteiger partial charge in [0.2, 0.25) is 0 Å². The van der Waals surface area contributed by atoms with E-state index in [4.69, 9.17) is 0 Å². The van der Waals surface area contributed by atoms with Gasteiger partial charge in [-0.25, -0.2) is 0 Å². The van der Waals surface area contributed by atoms with E-state index in [1.165, 1.54) is 75.4 Å². The minimum atomic E-state index is -1.36. The topological polar surface area (TPSA) is 199 Å². The number of benzene rings is 3. The summed E-state index contributed by atoms with van der Waals surface area (Å²) in [4.78, 5) is 63.2. The van der Waals surface area contributed by atoms with E-state index in [9.17, 15) is 44.1 Å². The molecule has 0 N–H and O–H groups in total. The molecule has 0 atom stereocenters. The number of carboxylic acids is 3. The fourth-order valence-electron chi connectivity index (χ4n) is 2.64. The number of esters is 3. The summed E-state index contributed by atoms with van der Waals surface area (Å²) in [6.45, 7) is 3.60. The zero-order chi connectivity index (χ0) is 29.5. The second-order valence-electron chi connectivity index (χ2n) is 7.13. The molecule has 12 nitrogen and oxygen atoms in total. The Labute approximate surface area is 256 Å². The third-order valence-corrected chi connectivity index (χ3v) is 4.08. The zero-order valence-corrected chi connectivity index (χ0v) is 25.0. The van der Waals surface area contributed by atoms with Crippen molar-refractivity contribution in [1.29, 1.82) is 0 Å². The van der Waals surface area contributed by atoms with Crippen LogP contribution in [0.5, 0.6) is 17.2 Å². The Hall–Kier alpha value is -4.33. The molecule has 3 aromatic rings. The molecule has 0 aliphatic heterocycles. The molecule has 0 amide bonds. The first-order chi connectivity index (χ1) is 18.3. The number of carboxylic acid groups (broad SMARTS) is 3. The number of ether oxygens (including phenoxy) is 3. The molecule has 0 radical (unpaired) electrons. The van der Waals surface area contributed by atoms with E-state index in [1.54, 1.807) is 18.2 Å². The SMILES string of the molecule is CC(=O)Oc1ccccc1C(=O)[O-].CC(=O)Oc1ccccc1C(=O)[O-].CC(=O)Oc1ccccc1C(=O)[O-].[La+3]. The first kappa shape index (κ1) is 35.7. The van der Waals surface area contributed by atoms with Crippen LogP contribution < -0.4 is 29.5 Å². The van der Waals surface area contributed by atoms with Gasteiger partial charge in [-0.2, -0.15) is 0 Å². The molecule has 40 heavy (non-hydrogen) atoms. The third-order valence-electron chi connectivity index (χ3n) is 4.08. The molecule has 0 aliphatic carbocycles. The number of rotatable bonds is 6. The van der Waals surface area contributed by atoms with Crippen molar-refractivity contribution in [2.45, 2.75) is 20.8 Å². The van der Waals surface area contributed by atoms with Gasteiger partial charge in [-0.3, -0.25) is 14.4 Å². The van der Waals surface area contributed by atoms with Gasteiger partial charge in [0.25, 0.3) is 0 Å². The number of carbonyl (C=O) groups excluding carboxylic acids is 6. The van der Waals surface area contributed by atoms with Gasteiger partial charge in [0.15, 0.2) is 0 Å². The molecule has 0 saturated heterocycles. The molecule has 0 spiro atoms. The third kappa shape index (κ3) is 13.0. The Bertz CT molecular complexity index is 1200. The number of carbonyl (C=O) groups is 6. The van der Waals surface area contributed by atoms with Gasteiger partial charge in [-0.15, -0.1) is 0 Å². The van der Waals surface area contributed by atoms with Gasteiger partial charge >= 0.3 is 53.5 Å². The van der Waals surface area contributed by atoms with Gasteiger partial charge in [0.1, 0.15) is 17.2 Å². The summed E-state index contributed by atoms with van der Waals surface area (Å²) < 4.78 is 13.9. The Balaban J connectivity index is 0.000000563. The van der Waals surface area contributed by atoms with Crippen molar-refractivity contribution in [3.8, 4) is 17.2 Å². The molecule has 0 bridgehead atoms. The Morgan fingerprint density at radius 3 is 0.825 bits per heavy atom. The molecule has 0 heterocycles. The Morgan fingerprint density at radius 2 is 0.650 bits per heavy atom. The van der Waals surface area contributed by atoms with Crippen molar-refractivity contribution < 1.29 is 93.9 Å². The van der Waals surface area contributed by atoms with Crippen LogP contribution in [-0.2, 0) is 14.4 Å². The van der Waals surface area contributed by atoms with Crippen LogP contribution in [0.3, 0.4) is 0 Å². The van der Waals surface area contributed by atoms with Crippen LogP contribution in [0.4, 0.5) is 0 Å². The first-order valence-corrected chi connectivity index (χ1v) is 10.8. The van der Waals surface area contributed by atoms with Crippen LogP contribution in [0.15, 0.2) is 72.8 Å². The maximum Gasteiger partial charge on any atom is 3.00 e. The predicted molar refractivity (Wildman–Crippen MR) is 126 cm³/mol. The van der Waals surface area contributed by atoms with Crippen LogP contribution in [0.25, 0.3) is 0 Å². The Morgan fingerprint density at radius 1 is 0.450 bits per heavy atom. The average Bonchev–Trinajstić information content (AvgIpc) is 2.84. The van der Waals surface area contributed by atoms with Gasteiger partial charge in [0, 0.05) is 37.5 Å². The fraction of sp³-hybridized carbons (Fsp3) is 0.111. The molecule has 13 heteroatoms. The molecule has 0 unspecified atom stereocenters. The quantitative estimate of drug-likeness (QED) is 0.249. The summed E-state index contributed by atoms with van der Waals surface area (Å²) >= 11 is 0. The molecule has 0 saturated carbocycles. The molecular formula is C27H21LaO12. The van der Waals surface area contributed by atoms with Crippen LogP contribution >= 0.6 is 0 Å². The number of hydrogen-bond acceptors (Lipinski definition) is 12. The summed E-state index contributed by atoms with van der Waals surface area (Å²) in [6.07, 6.45) is 0. The van der Waals surface area contributed by atoms with E-state index < -0.39 is 35.8 Å². The fourth-order valence-corrected chi connectivity index (χ4v) is 2.64. The van der Waals surface area contributed by atoms with Gasteiger partial charge in [-0.1, -0.05) is 36.4 Å². The molecule has 0 fully saturated rings. The van der Waals surface area contributed by atoms with Crippen molar-refractivity contribution in [3.05, 3.63) is 89.5 Å². The second-order valence-corrected chi connectivity index (χ2v) is 7.13. The number of para-hydroxylation sites is 3. The normalized spacial score (nSPS) is 9.07. The summed E-state index contributed by atoms with van der Waals surface area (Å²) in [5.74, 6) is -5.75. The smallest absolute Gasteiger partial charge is 0.545 e. The number of hydrogen-bond donors (Lipinski definition) is 0. The largest absolute Gasteiger partial charge is 3.00 e. The number of aromatic carboxylic acids is 3. The maximum absolute atomic E-state index is 10.6. The monoisotopic (exact) mass is 676 g/mol. The first-order valence-electron chi connectivity index (χ1n) is 10.8. The van der Waals surface area contributed by atoms with Crippen molar-refractivity contribution in [1.82, 2.24) is 0 Å². The maximum atomic E-state index is 10.6. The van der Waals surface area contributed by atoms with Gasteiger partial charge < -0.3 is 43.9 Å². The van der Waals surface area contributed by atoms with E-state index in [1.807, 2.05) is 0 Å². The van der Waals surface area contributed by atoms with E-state index in [2.05, 4.69) is 14.2 Å². The predicted octanol–water partition coefficient (Wildman–Crippen LogP) is -0.0738. The van der Waals surface area contributed by atoms with E-state index in [-0.39, 0.29) is 69.5 Å². The van der Waals surface area contributed by atoms with E-state index >= 15 is 0 Å². The average molecular weight is 676 g/mol. The summed E-state index contributed by atoms with van der Waals surface area (Å²) in [6, 6.07) is 17.4. The molecule has 0 aromatic heterocycles. The Kier molecular flexibility index (Phi) is 16.1. The molecular weight excluding hydrogens is 655 g/mol. The van der Waals surface area contributed by atoms with Crippen LogP contribution in [-0.4, -0.2) is 35.8 Å². The van der Waals surface area contributed by atoms with Crippen LogP contribution in [0, 0.1) is 35.6 Å². The van der Waals surface area contributed by atoms with E-state index in [0.29, 0.717) is 0 Å². The molecule has 204 valence electrons. The van der Waals surface area contributed by atoms with Crippen molar-refractivity contribution in [3.63, 3.8) is 0 Å². The summed E-state index contributed by atoms with van der Waals surface area (Å²) in [5.41, 5.74) is -0.381. The molecule has 3 aromatic carbocycles. The van der Waals surface area contributed by atoms with Crippen molar-refractivity contribution >= 4 is 35.8 Å². The zero-order valence-electron chi connectivity index (χ0n) is 21.4. The molecule has 3 rings (SSSR count). The van der Waals surface area contributed by atoms with Crippen LogP contribution in [0.1, 0.15) is 51.8 Å². The molecule has 0 aliphatic rings. The minimum Gasteiger partial charge on any atom is -0.545 e. The second kappa shape index (κ2) is 18.0. The van der Waals surface area contributed by atoms with Crippen molar-refractivity contribution in [2.24, 2.45) is 0 Å². The summed E-state index contributed by atoms with van der Waals surface area (Å²) in [5, 5.41) is 31.5.